The van der Waals surface area contributed by atoms with Gasteiger partial charge >= 0.3 is 0 Å². The van der Waals surface area contributed by atoms with Gasteiger partial charge in [0.2, 0.25) is 0 Å². The van der Waals surface area contributed by atoms with Crippen molar-refractivity contribution in [2.45, 2.75) is 37.5 Å². The Balaban J connectivity index is 1.44. The Kier molecular flexibility index (Phi) is 6.95. The number of alkyl halides is 1. The highest BCUT2D eigenvalue weighted by Gasteiger charge is 2.25. The first-order valence-corrected chi connectivity index (χ1v) is 11.0. The van der Waals surface area contributed by atoms with Crippen LogP contribution in [0.3, 0.4) is 0 Å². The molecule has 0 aliphatic carbocycles. The quantitative estimate of drug-likeness (QED) is 0.508. The largest absolute Gasteiger partial charge is 0.310 e. The minimum Gasteiger partial charge on any atom is -0.310 e. The molecule has 0 bridgehead atoms. The maximum absolute atomic E-state index is 13.5. The minimum atomic E-state index is -0.787. The fraction of sp³-hybridized carbons (Fsp3) is 0.346. The van der Waals surface area contributed by atoms with E-state index < -0.39 is 6.17 Å². The second kappa shape index (κ2) is 10.0. The van der Waals surface area contributed by atoms with Gasteiger partial charge in [-0.2, -0.15) is 0 Å². The van der Waals surface area contributed by atoms with Crippen LogP contribution in [0.1, 0.15) is 17.5 Å². The Morgan fingerprint density at radius 2 is 2.00 bits per heavy atom. The third-order valence-corrected chi connectivity index (χ3v) is 6.05. The van der Waals surface area contributed by atoms with E-state index in [9.17, 15) is 9.18 Å². The van der Waals surface area contributed by atoms with E-state index in [1.807, 2.05) is 47.4 Å². The van der Waals surface area contributed by atoms with Gasteiger partial charge in [0.15, 0.2) is 0 Å². The lowest BCUT2D eigenvalue weighted by atomic mass is 9.99. The van der Waals surface area contributed by atoms with Crippen molar-refractivity contribution < 1.29 is 9.18 Å². The summed E-state index contributed by atoms with van der Waals surface area (Å²) in [4.78, 5) is 14.7. The molecule has 2 aromatic carbocycles. The Hall–Kier alpha value is -2.76. The topological polar surface area (TPSA) is 44.4 Å². The number of amides is 1. The number of nitrogens with zero attached hydrogens (tertiary/aromatic N) is 1. The summed E-state index contributed by atoms with van der Waals surface area (Å²) in [7, 11) is 0. The first kappa shape index (κ1) is 21.5. The molecule has 1 amide bonds. The number of benzene rings is 2. The molecule has 162 valence electrons. The number of carbonyl (C=O) groups excluding carboxylic acids is 1. The van der Waals surface area contributed by atoms with Crippen LogP contribution in [-0.2, 0) is 17.6 Å². The molecule has 4 rings (SSSR count). The molecule has 31 heavy (non-hydrogen) atoms. The third-order valence-electron chi connectivity index (χ3n) is 6.05. The summed E-state index contributed by atoms with van der Waals surface area (Å²) >= 11 is 0. The zero-order valence-corrected chi connectivity index (χ0v) is 17.8. The van der Waals surface area contributed by atoms with Gasteiger partial charge in [0, 0.05) is 43.5 Å². The van der Waals surface area contributed by atoms with Crippen LogP contribution in [0.25, 0.3) is 0 Å². The van der Waals surface area contributed by atoms with E-state index in [1.54, 1.807) is 6.08 Å². The molecule has 2 aliphatic rings. The van der Waals surface area contributed by atoms with Crippen molar-refractivity contribution >= 4 is 11.6 Å². The minimum absolute atomic E-state index is 0.0212. The maximum atomic E-state index is 13.5. The molecule has 2 aromatic rings. The van der Waals surface area contributed by atoms with E-state index in [1.165, 1.54) is 11.1 Å². The summed E-state index contributed by atoms with van der Waals surface area (Å²) in [5.74, 6) is -0.0212. The summed E-state index contributed by atoms with van der Waals surface area (Å²) in [6.07, 6.45) is 4.87. The van der Waals surface area contributed by atoms with Gasteiger partial charge in [0.05, 0.1) is 0 Å². The normalized spacial score (nSPS) is 21.4. The van der Waals surface area contributed by atoms with Gasteiger partial charge in [0.1, 0.15) is 6.17 Å². The van der Waals surface area contributed by atoms with Gasteiger partial charge in [0.25, 0.3) is 5.91 Å². The molecule has 1 saturated heterocycles. The van der Waals surface area contributed by atoms with Crippen LogP contribution in [0.4, 0.5) is 10.1 Å². The summed E-state index contributed by atoms with van der Waals surface area (Å²) in [5, 5.41) is 6.69. The van der Waals surface area contributed by atoms with Crippen LogP contribution in [0, 0.1) is 0 Å². The molecule has 0 saturated carbocycles. The number of anilines is 1. The molecular formula is C26H30FN3O. The predicted molar refractivity (Wildman–Crippen MR) is 124 cm³/mol. The molecule has 5 heteroatoms. The Labute approximate surface area is 183 Å². The second-order valence-electron chi connectivity index (χ2n) is 8.37. The summed E-state index contributed by atoms with van der Waals surface area (Å²) in [6, 6.07) is 18.1. The molecule has 1 fully saturated rings. The van der Waals surface area contributed by atoms with Crippen LogP contribution in [-0.4, -0.2) is 43.8 Å². The van der Waals surface area contributed by atoms with Gasteiger partial charge in [-0.05, 0) is 36.5 Å². The average molecular weight is 420 g/mol. The molecule has 2 heterocycles. The van der Waals surface area contributed by atoms with Crippen LogP contribution in [0.15, 0.2) is 78.9 Å². The van der Waals surface area contributed by atoms with Gasteiger partial charge < -0.3 is 15.5 Å². The molecule has 0 spiro atoms. The average Bonchev–Trinajstić information content (AvgIpc) is 3.40. The standard InChI is InChI=1S/C26H30FN3O/c1-19(15-20-7-3-2-4-8-20)24(29-18-23-16-22(27)17-28-23)11-12-26(31)30-14-13-21-9-5-6-10-25(21)30/h2-12,22-24,28-29H,1,13-18H2. The smallest absolute Gasteiger partial charge is 0.250 e. The van der Waals surface area contributed by atoms with Crippen molar-refractivity contribution in [3.8, 4) is 0 Å². The Morgan fingerprint density at radius 1 is 1.23 bits per heavy atom. The SMILES string of the molecule is C=C(Cc1ccccc1)C(C=CC(=O)N1CCc2ccccc21)NCC1CC(F)CN1. The number of nitrogens with one attached hydrogen (secondary N) is 2. The Bertz CT molecular complexity index is 943. The number of rotatable bonds is 8. The fourth-order valence-electron chi connectivity index (χ4n) is 4.35. The third kappa shape index (κ3) is 5.49. The van der Waals surface area contributed by atoms with Crippen molar-refractivity contribution in [2.24, 2.45) is 0 Å². The molecule has 0 radical (unpaired) electrons. The van der Waals surface area contributed by atoms with Gasteiger partial charge in [-0.1, -0.05) is 66.8 Å². The van der Waals surface area contributed by atoms with E-state index >= 15 is 0 Å². The number of para-hydroxylation sites is 1. The number of hydrogen-bond acceptors (Lipinski definition) is 3. The molecule has 0 aromatic heterocycles. The van der Waals surface area contributed by atoms with Crippen LogP contribution in [0.5, 0.6) is 0 Å². The highest BCUT2D eigenvalue weighted by Crippen LogP contribution is 2.27. The molecule has 2 N–H and O–H groups in total. The van der Waals surface area contributed by atoms with Crippen LogP contribution >= 0.6 is 0 Å². The molecule has 2 aliphatic heterocycles. The summed E-state index contributed by atoms with van der Waals surface area (Å²) in [6.45, 7) is 6.03. The fourth-order valence-corrected chi connectivity index (χ4v) is 4.35. The van der Waals surface area contributed by atoms with Crippen LogP contribution in [0.2, 0.25) is 0 Å². The van der Waals surface area contributed by atoms with E-state index in [2.05, 4.69) is 35.4 Å². The first-order chi connectivity index (χ1) is 15.1. The number of halogens is 1. The van der Waals surface area contributed by atoms with E-state index in [4.69, 9.17) is 0 Å². The van der Waals surface area contributed by atoms with Gasteiger partial charge in [-0.25, -0.2) is 4.39 Å². The van der Waals surface area contributed by atoms with Crippen LogP contribution < -0.4 is 15.5 Å². The predicted octanol–water partition coefficient (Wildman–Crippen LogP) is 3.59. The number of carbonyl (C=O) groups is 1. The zero-order chi connectivity index (χ0) is 21.6. The number of hydrogen-bond donors (Lipinski definition) is 2. The Morgan fingerprint density at radius 3 is 2.77 bits per heavy atom. The zero-order valence-electron chi connectivity index (χ0n) is 17.8. The summed E-state index contributed by atoms with van der Waals surface area (Å²) in [5.41, 5.74) is 4.36. The molecule has 3 atom stereocenters. The summed E-state index contributed by atoms with van der Waals surface area (Å²) < 4.78 is 13.5. The van der Waals surface area contributed by atoms with Gasteiger partial charge in [-0.15, -0.1) is 0 Å². The lowest BCUT2D eigenvalue weighted by Gasteiger charge is -2.21. The van der Waals surface area contributed by atoms with E-state index in [0.717, 1.165) is 17.7 Å². The van der Waals surface area contributed by atoms with Crippen molar-refractivity contribution in [1.82, 2.24) is 10.6 Å². The first-order valence-electron chi connectivity index (χ1n) is 11.0. The second-order valence-corrected chi connectivity index (χ2v) is 8.37. The van der Waals surface area contributed by atoms with Crippen molar-refractivity contribution in [2.75, 3.05) is 24.5 Å². The van der Waals surface area contributed by atoms with Crippen molar-refractivity contribution in [3.63, 3.8) is 0 Å². The van der Waals surface area contributed by atoms with E-state index in [0.29, 0.717) is 32.5 Å². The monoisotopic (exact) mass is 419 g/mol. The number of fused-ring (bicyclic) bond motifs is 1. The lowest BCUT2D eigenvalue weighted by molar-refractivity contribution is -0.114. The molecule has 4 nitrogen and oxygen atoms in total. The molecule has 3 unspecified atom stereocenters. The molecular weight excluding hydrogens is 389 g/mol. The highest BCUT2D eigenvalue weighted by molar-refractivity contribution is 6.02. The van der Waals surface area contributed by atoms with Gasteiger partial charge in [-0.3, -0.25) is 4.79 Å². The van der Waals surface area contributed by atoms with Crippen molar-refractivity contribution in [1.29, 1.82) is 0 Å². The highest BCUT2D eigenvalue weighted by atomic mass is 19.1. The maximum Gasteiger partial charge on any atom is 0.250 e. The lowest BCUT2D eigenvalue weighted by Crippen LogP contribution is -2.40. The van der Waals surface area contributed by atoms with E-state index in [-0.39, 0.29) is 18.0 Å². The van der Waals surface area contributed by atoms with Crippen molar-refractivity contribution in [3.05, 3.63) is 90.0 Å².